The van der Waals surface area contributed by atoms with Gasteiger partial charge in [0.25, 0.3) is 0 Å². The molecule has 4 heteroatoms. The number of hydrogen-bond donors (Lipinski definition) is 0. The van der Waals surface area contributed by atoms with E-state index < -0.39 is 0 Å². The zero-order valence-electron chi connectivity index (χ0n) is 2.37. The summed E-state index contributed by atoms with van der Waals surface area (Å²) in [6, 6.07) is 0. The van der Waals surface area contributed by atoms with Crippen LogP contribution in [-0.2, 0) is 4.57 Å². The lowest BCUT2D eigenvalue weighted by Gasteiger charge is -1.42. The molecule has 0 amide bonds. The monoisotopic (exact) mass is 132 g/mol. The van der Waals surface area contributed by atoms with E-state index in [1.165, 1.54) is 0 Å². The van der Waals surface area contributed by atoms with Gasteiger partial charge in [0, 0.05) is 0 Å². The minimum Gasteiger partial charge on any atom is -0.279 e. The topological polar surface area (TPSA) is 17.1 Å². The summed E-state index contributed by atoms with van der Waals surface area (Å²) in [4.78, 5) is 0. The minimum atomic E-state index is 0.194. The maximum absolute atomic E-state index is 8.06. The SMILES string of the molecule is ClCCl.O=P. The van der Waals surface area contributed by atoms with Crippen LogP contribution in [0.3, 0.4) is 0 Å². The molecule has 0 atom stereocenters. The van der Waals surface area contributed by atoms with Crippen molar-refractivity contribution in [1.29, 1.82) is 0 Å². The molecular formula is CH3Cl2OP. The van der Waals surface area contributed by atoms with Crippen molar-refractivity contribution < 1.29 is 4.57 Å². The van der Waals surface area contributed by atoms with Crippen LogP contribution in [0.15, 0.2) is 0 Å². The molecule has 0 saturated carbocycles. The predicted molar refractivity (Wildman–Crippen MR) is 25.6 cm³/mol. The largest absolute Gasteiger partial charge is 0.279 e. The molecule has 0 N–H and O–H groups in total. The fraction of sp³-hybridized carbons (Fsp3) is 1.00. The second-order valence-electron chi connectivity index (χ2n) is 0.101. The van der Waals surface area contributed by atoms with Gasteiger partial charge in [-0.15, -0.1) is 23.2 Å². The minimum absolute atomic E-state index is 0.194. The zero-order valence-corrected chi connectivity index (χ0v) is 4.88. The Hall–Kier alpha value is 0.680. The average molecular weight is 133 g/mol. The Bertz CT molecular complexity index is 13.6. The third kappa shape index (κ3) is 72.7. The van der Waals surface area contributed by atoms with Crippen molar-refractivity contribution in [3.05, 3.63) is 0 Å². The van der Waals surface area contributed by atoms with Crippen LogP contribution >= 0.6 is 32.3 Å². The molecule has 0 rings (SSSR count). The molecule has 0 spiro atoms. The Labute approximate surface area is 42.9 Å². The van der Waals surface area contributed by atoms with Gasteiger partial charge in [-0.05, 0) is 0 Å². The summed E-state index contributed by atoms with van der Waals surface area (Å²) in [5, 5.41) is 0.194. The van der Waals surface area contributed by atoms with E-state index in [2.05, 4.69) is 0 Å². The first-order valence-electron chi connectivity index (χ1n) is 0.739. The predicted octanol–water partition coefficient (Wildman–Crippen LogP) is 1.90. The molecule has 0 aliphatic heterocycles. The van der Waals surface area contributed by atoms with Gasteiger partial charge >= 0.3 is 0 Å². The highest BCUT2D eigenvalue weighted by Crippen LogP contribution is 1.73. The Kier molecular flexibility index (Phi) is 41.3. The maximum Gasteiger partial charge on any atom is 0.138 e. The third-order valence-corrected chi connectivity index (χ3v) is 0. The molecule has 5 heavy (non-hydrogen) atoms. The van der Waals surface area contributed by atoms with E-state index in [-0.39, 0.29) is 5.34 Å². The van der Waals surface area contributed by atoms with Gasteiger partial charge in [0.2, 0.25) is 0 Å². The Morgan fingerprint density at radius 2 is 1.40 bits per heavy atom. The third-order valence-electron chi connectivity index (χ3n) is 0. The van der Waals surface area contributed by atoms with E-state index >= 15 is 0 Å². The molecule has 0 fully saturated rings. The van der Waals surface area contributed by atoms with Crippen molar-refractivity contribution in [3.8, 4) is 0 Å². The summed E-state index contributed by atoms with van der Waals surface area (Å²) < 4.78 is 8.06. The van der Waals surface area contributed by atoms with E-state index in [4.69, 9.17) is 27.8 Å². The van der Waals surface area contributed by atoms with Gasteiger partial charge in [0.05, 0.1) is 5.34 Å². The van der Waals surface area contributed by atoms with Crippen LogP contribution in [0.1, 0.15) is 0 Å². The molecule has 0 aliphatic rings. The quantitative estimate of drug-likeness (QED) is 0.364. The van der Waals surface area contributed by atoms with Crippen LogP contribution in [0.5, 0.6) is 0 Å². The Balaban J connectivity index is 0. The molecule has 0 saturated heterocycles. The fourth-order valence-electron chi connectivity index (χ4n) is 0. The molecule has 0 aromatic heterocycles. The molecule has 0 unspecified atom stereocenters. The van der Waals surface area contributed by atoms with Crippen molar-refractivity contribution in [2.45, 2.75) is 0 Å². The number of rotatable bonds is 0. The summed E-state index contributed by atoms with van der Waals surface area (Å²) >= 11 is 9.53. The van der Waals surface area contributed by atoms with E-state index in [1.54, 1.807) is 9.12 Å². The van der Waals surface area contributed by atoms with Crippen LogP contribution in [0, 0.1) is 0 Å². The molecule has 0 aliphatic carbocycles. The summed E-state index contributed by atoms with van der Waals surface area (Å²) in [6.45, 7) is 0. The van der Waals surface area contributed by atoms with Crippen molar-refractivity contribution in [2.75, 3.05) is 5.34 Å². The molecular weight excluding hydrogens is 130 g/mol. The van der Waals surface area contributed by atoms with Gasteiger partial charge in [0.1, 0.15) is 9.12 Å². The van der Waals surface area contributed by atoms with Crippen LogP contribution in [0.4, 0.5) is 0 Å². The van der Waals surface area contributed by atoms with E-state index in [1.807, 2.05) is 0 Å². The fourth-order valence-corrected chi connectivity index (χ4v) is 0. The first kappa shape index (κ1) is 9.19. The van der Waals surface area contributed by atoms with Crippen LogP contribution in [0.25, 0.3) is 0 Å². The normalized spacial score (nSPS) is 4.40. The number of hydrogen-bond acceptors (Lipinski definition) is 1. The Morgan fingerprint density at radius 1 is 1.40 bits per heavy atom. The van der Waals surface area contributed by atoms with E-state index in [0.717, 1.165) is 0 Å². The number of alkyl halides is 2. The Morgan fingerprint density at radius 3 is 1.40 bits per heavy atom. The average Bonchev–Trinajstić information content (AvgIpc) is 1.46. The van der Waals surface area contributed by atoms with Crippen molar-refractivity contribution in [2.24, 2.45) is 0 Å². The molecule has 32 valence electrons. The van der Waals surface area contributed by atoms with Crippen molar-refractivity contribution in [3.63, 3.8) is 0 Å². The summed E-state index contributed by atoms with van der Waals surface area (Å²) in [5.74, 6) is 0. The van der Waals surface area contributed by atoms with Gasteiger partial charge in [-0.1, -0.05) is 0 Å². The van der Waals surface area contributed by atoms with E-state index in [9.17, 15) is 0 Å². The number of halogens is 2. The molecule has 0 heterocycles. The first-order valence-corrected chi connectivity index (χ1v) is 2.22. The summed E-state index contributed by atoms with van der Waals surface area (Å²) in [7, 11) is 1.72. The lowest BCUT2D eigenvalue weighted by Crippen LogP contribution is -1.24. The van der Waals surface area contributed by atoms with E-state index in [0.29, 0.717) is 0 Å². The smallest absolute Gasteiger partial charge is 0.138 e. The molecule has 0 aromatic carbocycles. The summed E-state index contributed by atoms with van der Waals surface area (Å²) in [6.07, 6.45) is 0. The second kappa shape index (κ2) is 22.5. The standard InChI is InChI=1S/CH2Cl2.HOP/c2-1-3;1-2/h1H2;2H. The van der Waals surface area contributed by atoms with Gasteiger partial charge in [-0.25, -0.2) is 0 Å². The highest BCUT2D eigenvalue weighted by molar-refractivity contribution is 7.00. The van der Waals surface area contributed by atoms with Gasteiger partial charge in [0.15, 0.2) is 0 Å². The van der Waals surface area contributed by atoms with Crippen LogP contribution in [-0.4, -0.2) is 5.34 Å². The maximum atomic E-state index is 8.06. The molecule has 0 aromatic rings. The van der Waals surface area contributed by atoms with Gasteiger partial charge in [-0.2, -0.15) is 0 Å². The highest BCUT2D eigenvalue weighted by Gasteiger charge is 1.41. The van der Waals surface area contributed by atoms with Crippen molar-refractivity contribution in [1.82, 2.24) is 0 Å². The van der Waals surface area contributed by atoms with Crippen LogP contribution in [0.2, 0.25) is 0 Å². The van der Waals surface area contributed by atoms with Crippen LogP contribution < -0.4 is 0 Å². The van der Waals surface area contributed by atoms with Gasteiger partial charge < -0.3 is 0 Å². The summed E-state index contributed by atoms with van der Waals surface area (Å²) in [5.41, 5.74) is 0. The highest BCUT2D eigenvalue weighted by atomic mass is 35.5. The van der Waals surface area contributed by atoms with Crippen molar-refractivity contribution >= 4 is 32.3 Å². The first-order chi connectivity index (χ1) is 2.41. The molecule has 1 nitrogen and oxygen atoms in total. The molecule has 0 radical (unpaired) electrons. The lowest BCUT2D eigenvalue weighted by atomic mass is 11.9. The second-order valence-corrected chi connectivity index (χ2v) is 0.909. The zero-order chi connectivity index (χ0) is 4.71. The lowest BCUT2D eigenvalue weighted by molar-refractivity contribution is 0.607. The molecule has 0 bridgehead atoms. The van der Waals surface area contributed by atoms with Gasteiger partial charge in [-0.3, -0.25) is 4.57 Å².